The molecule has 25 atom stereocenters. The van der Waals surface area contributed by atoms with E-state index in [1.165, 1.54) is 0 Å². The first kappa shape index (κ1) is 45.5. The normalized spacial score (nSPS) is 58.6. The number of aliphatic hydroxyl groups excluding tert-OH is 1. The van der Waals surface area contributed by atoms with Crippen LogP contribution in [0.25, 0.3) is 0 Å². The van der Waals surface area contributed by atoms with E-state index in [1.807, 2.05) is 6.92 Å². The molecule has 0 saturated carbocycles. The Morgan fingerprint density at radius 3 is 2.14 bits per heavy atom. The quantitative estimate of drug-likeness (QED) is 0.290. The molecule has 1 N–H and O–H groups in total. The third kappa shape index (κ3) is 7.70. The zero-order chi connectivity index (χ0) is 44.7. The largest absolute Gasteiger partial charge is 0.459 e. The van der Waals surface area contributed by atoms with Crippen LogP contribution in [0.15, 0.2) is 0 Å². The molecule has 13 nitrogen and oxygen atoms in total. The molecule has 11 aliphatic heterocycles. The van der Waals surface area contributed by atoms with Gasteiger partial charge in [-0.3, -0.25) is 4.79 Å². The summed E-state index contributed by atoms with van der Waals surface area (Å²) >= 11 is 0. The number of carbonyl (C=O) groups excluding carboxylic acids is 1. The Morgan fingerprint density at radius 1 is 0.594 bits per heavy atom. The number of rotatable bonds is 3. The summed E-state index contributed by atoms with van der Waals surface area (Å²) in [6, 6.07) is 0. The Bertz CT molecular complexity index is 1750. The molecule has 11 rings (SSSR count). The van der Waals surface area contributed by atoms with Gasteiger partial charge in [0, 0.05) is 44.9 Å². The number of fused-ring (bicyclic) bond motifs is 10. The summed E-state index contributed by atoms with van der Waals surface area (Å²) in [5.41, 5.74) is -2.89. The maximum atomic E-state index is 12.4. The molecule has 0 bridgehead atoms. The fraction of sp³-hybridized carbons (Fsp3) is 0.980. The lowest BCUT2D eigenvalue weighted by Gasteiger charge is -2.61. The van der Waals surface area contributed by atoms with Crippen LogP contribution >= 0.6 is 0 Å². The number of carbonyl (C=O) groups is 1. The van der Waals surface area contributed by atoms with E-state index in [0.29, 0.717) is 25.2 Å². The molecule has 0 radical (unpaired) electrons. The fourth-order valence-electron chi connectivity index (χ4n) is 15.0. The first-order valence-electron chi connectivity index (χ1n) is 25.9. The second kappa shape index (κ2) is 16.3. The fourth-order valence-corrected chi connectivity index (χ4v) is 15.0. The molecule has 11 aliphatic rings. The molecular weight excluding hydrogens is 821 g/mol. The predicted molar refractivity (Wildman–Crippen MR) is 233 cm³/mol. The van der Waals surface area contributed by atoms with Gasteiger partial charge in [-0.2, -0.15) is 0 Å². The van der Waals surface area contributed by atoms with Crippen molar-refractivity contribution in [2.24, 2.45) is 17.8 Å². The molecule has 64 heavy (non-hydrogen) atoms. The van der Waals surface area contributed by atoms with E-state index < -0.39 is 34.1 Å². The number of hydrogen-bond acceptors (Lipinski definition) is 13. The summed E-state index contributed by atoms with van der Waals surface area (Å²) in [7, 11) is 0. The summed E-state index contributed by atoms with van der Waals surface area (Å²) in [6.07, 6.45) is 9.90. The van der Waals surface area contributed by atoms with Crippen LogP contribution in [-0.2, 0) is 56.9 Å². The molecule has 0 amide bonds. The molecule has 11 fully saturated rings. The van der Waals surface area contributed by atoms with Crippen molar-refractivity contribution in [1.82, 2.24) is 0 Å². The Labute approximate surface area is 381 Å². The van der Waals surface area contributed by atoms with Gasteiger partial charge >= 0.3 is 5.97 Å². The van der Waals surface area contributed by atoms with Crippen LogP contribution < -0.4 is 0 Å². The van der Waals surface area contributed by atoms with Crippen LogP contribution in [0, 0.1) is 17.8 Å². The smallest absolute Gasteiger partial charge is 0.306 e. The molecule has 13 heteroatoms. The predicted octanol–water partition coefficient (Wildman–Crippen LogP) is 7.07. The zero-order valence-corrected chi connectivity index (χ0v) is 40.2. The topological polar surface area (TPSA) is 139 Å². The second-order valence-corrected chi connectivity index (χ2v) is 24.2. The van der Waals surface area contributed by atoms with Gasteiger partial charge in [-0.25, -0.2) is 0 Å². The third-order valence-electron chi connectivity index (χ3n) is 19.2. The van der Waals surface area contributed by atoms with Gasteiger partial charge in [-0.15, -0.1) is 0 Å². The first-order valence-corrected chi connectivity index (χ1v) is 25.9. The number of esters is 1. The Morgan fingerprint density at radius 2 is 1.33 bits per heavy atom. The lowest BCUT2D eigenvalue weighted by atomic mass is 9.72. The average molecular weight is 901 g/mol. The third-order valence-corrected chi connectivity index (χ3v) is 19.2. The van der Waals surface area contributed by atoms with Crippen LogP contribution in [-0.4, -0.2) is 143 Å². The van der Waals surface area contributed by atoms with E-state index in [9.17, 15) is 9.90 Å². The van der Waals surface area contributed by atoms with Gasteiger partial charge < -0.3 is 57.2 Å². The Kier molecular flexibility index (Phi) is 11.6. The monoisotopic (exact) mass is 901 g/mol. The Hall–Kier alpha value is -0.970. The van der Waals surface area contributed by atoms with Crippen LogP contribution in [0.4, 0.5) is 0 Å². The van der Waals surface area contributed by atoms with Gasteiger partial charge in [0.15, 0.2) is 0 Å². The van der Waals surface area contributed by atoms with E-state index >= 15 is 0 Å². The minimum absolute atomic E-state index is 0.0349. The maximum Gasteiger partial charge on any atom is 0.306 e. The highest BCUT2D eigenvalue weighted by molar-refractivity contribution is 5.71. The molecule has 0 aromatic carbocycles. The lowest BCUT2D eigenvalue weighted by Crippen LogP contribution is -2.70. The molecule has 0 aromatic heterocycles. The van der Waals surface area contributed by atoms with Crippen molar-refractivity contribution in [3.05, 3.63) is 0 Å². The van der Waals surface area contributed by atoms with Crippen molar-refractivity contribution in [1.29, 1.82) is 0 Å². The number of aliphatic hydroxyl groups is 1. The number of hydrogen-bond donors (Lipinski definition) is 1. The summed E-state index contributed by atoms with van der Waals surface area (Å²) in [4.78, 5) is 12.4. The SMILES string of the molecule is CCC(C)C[C@@H]1C[C@H](O)[C@]2(C)OC3CC4OC5C[C@]6(C)O[C@]7(C)CCC8OC9C[C@]%10(C)OC%11C(C)CC(=O)O[C@H]%11C[C@H]%10O[C@H]9C[C@@H](C)[C@H]8O[C@H]7C[C@H]6O[C@@]5(C)CCC[C@H]4O[C@H]3C[C@H]2O1. The summed E-state index contributed by atoms with van der Waals surface area (Å²) < 4.78 is 76.6. The van der Waals surface area contributed by atoms with Crippen molar-refractivity contribution in [2.75, 3.05) is 0 Å². The van der Waals surface area contributed by atoms with Gasteiger partial charge in [-0.1, -0.05) is 34.1 Å². The Balaban J connectivity index is 0.767. The van der Waals surface area contributed by atoms with Crippen molar-refractivity contribution < 1.29 is 62.0 Å². The average Bonchev–Trinajstić information content (AvgIpc) is 3.43. The second-order valence-electron chi connectivity index (χ2n) is 24.2. The van der Waals surface area contributed by atoms with Crippen molar-refractivity contribution in [3.63, 3.8) is 0 Å². The molecule has 0 aliphatic carbocycles. The molecule has 11 saturated heterocycles. The lowest BCUT2D eigenvalue weighted by molar-refractivity contribution is -0.362. The van der Waals surface area contributed by atoms with Crippen LogP contribution in [0.3, 0.4) is 0 Å². The van der Waals surface area contributed by atoms with Crippen LogP contribution in [0.1, 0.15) is 165 Å². The van der Waals surface area contributed by atoms with E-state index in [2.05, 4.69) is 55.4 Å². The minimum Gasteiger partial charge on any atom is -0.459 e. The molecule has 0 spiro atoms. The molecule has 0 aromatic rings. The van der Waals surface area contributed by atoms with E-state index in [0.717, 1.165) is 83.5 Å². The van der Waals surface area contributed by atoms with Crippen LogP contribution in [0.2, 0.25) is 0 Å². The van der Waals surface area contributed by atoms with E-state index in [1.54, 1.807) is 0 Å². The molecule has 11 heterocycles. The van der Waals surface area contributed by atoms with Gasteiger partial charge in [0.25, 0.3) is 0 Å². The first-order chi connectivity index (χ1) is 30.4. The van der Waals surface area contributed by atoms with E-state index in [4.69, 9.17) is 52.1 Å². The van der Waals surface area contributed by atoms with E-state index in [-0.39, 0.29) is 115 Å². The van der Waals surface area contributed by atoms with Crippen LogP contribution in [0.5, 0.6) is 0 Å². The highest BCUT2D eigenvalue weighted by Crippen LogP contribution is 2.55. The molecular formula is C51H80O13. The van der Waals surface area contributed by atoms with Crippen molar-refractivity contribution in [3.8, 4) is 0 Å². The van der Waals surface area contributed by atoms with Gasteiger partial charge in [0.2, 0.25) is 0 Å². The van der Waals surface area contributed by atoms with Crippen molar-refractivity contribution in [2.45, 2.75) is 297 Å². The highest BCUT2D eigenvalue weighted by Gasteiger charge is 2.65. The minimum atomic E-state index is -0.774. The molecule has 362 valence electrons. The van der Waals surface area contributed by atoms with Gasteiger partial charge in [0.05, 0.1) is 126 Å². The summed E-state index contributed by atoms with van der Waals surface area (Å²) in [6.45, 7) is 19.8. The standard InChI is InChI=1S/C51H80O13/c1-10-26(2)16-29-19-38(52)51(9)42(54-29)21-34-35(61-51)20-33-30(55-34)12-11-14-47(5)43(58-33)25-50(8)41(62-47)23-40-48(6,64-50)15-13-31-45(60-40)27(3)17-32-37(56-31)24-49(7)39(57-32)22-36-46(63-49)28(4)18-44(53)59-36/h26-43,45-46,52H,10-25H2,1-9H3/t26?,27-,28?,29-,30-,31?,32+,33?,34+,35?,36+,37?,38+,39-,40+,41-,42-,43?,45-,46?,47+,48-,49+,50+,51+/m1/s1. The number of ether oxygens (including phenoxy) is 11. The van der Waals surface area contributed by atoms with Gasteiger partial charge in [0.1, 0.15) is 11.7 Å². The van der Waals surface area contributed by atoms with Crippen molar-refractivity contribution >= 4 is 5.97 Å². The molecule has 8 unspecified atom stereocenters. The summed E-state index contributed by atoms with van der Waals surface area (Å²) in [5.74, 6) is 0.714. The zero-order valence-electron chi connectivity index (χ0n) is 40.2. The van der Waals surface area contributed by atoms with Gasteiger partial charge in [-0.05, 0) is 97.3 Å². The highest BCUT2D eigenvalue weighted by atomic mass is 16.7. The maximum absolute atomic E-state index is 12.4. The summed E-state index contributed by atoms with van der Waals surface area (Å²) in [5, 5.41) is 11.6.